The molecule has 0 saturated carbocycles. The maximum absolute atomic E-state index is 13.0. The molecule has 0 radical (unpaired) electrons. The second-order valence-corrected chi connectivity index (χ2v) is 9.93. The quantitative estimate of drug-likeness (QED) is 0.127. The van der Waals surface area contributed by atoms with E-state index in [9.17, 15) is 19.5 Å². The Hall–Kier alpha value is -4.54. The first-order chi connectivity index (χ1) is 18.1. The number of carbonyl (C=O) groups is 3. The van der Waals surface area contributed by atoms with Gasteiger partial charge in [0.25, 0.3) is 5.91 Å². The number of carbonyl (C=O) groups excluding carboxylic acids is 2. The first-order valence-corrected chi connectivity index (χ1v) is 12.5. The zero-order chi connectivity index (χ0) is 27.4. The van der Waals surface area contributed by atoms with Crippen LogP contribution in [0.25, 0.3) is 10.8 Å². The first-order valence-electron chi connectivity index (χ1n) is 11.7. The lowest BCUT2D eigenvalue weighted by atomic mass is 9.93. The highest BCUT2D eigenvalue weighted by molar-refractivity contribution is 7.14. The van der Waals surface area contributed by atoms with Crippen LogP contribution in [0.1, 0.15) is 38.2 Å². The molecular formula is C28H27N5O4S. The Morgan fingerprint density at radius 1 is 1.03 bits per heavy atom. The van der Waals surface area contributed by atoms with Crippen LogP contribution in [0, 0.1) is 5.41 Å². The van der Waals surface area contributed by atoms with Crippen molar-refractivity contribution in [2.45, 2.75) is 25.7 Å². The summed E-state index contributed by atoms with van der Waals surface area (Å²) in [5, 5.41) is 21.8. The first kappa shape index (κ1) is 26.5. The molecular weight excluding hydrogens is 502 g/mol. The Balaban J connectivity index is 1.65. The van der Waals surface area contributed by atoms with Crippen molar-refractivity contribution in [1.82, 2.24) is 10.2 Å². The molecule has 3 aromatic carbocycles. The van der Waals surface area contributed by atoms with E-state index in [0.29, 0.717) is 21.2 Å². The lowest BCUT2D eigenvalue weighted by molar-refractivity contribution is -0.160. The molecule has 1 unspecified atom stereocenters. The second-order valence-electron chi connectivity index (χ2n) is 8.77. The summed E-state index contributed by atoms with van der Waals surface area (Å²) in [6, 6.07) is 22.5. The number of hydrogen-bond donors (Lipinski definition) is 5. The summed E-state index contributed by atoms with van der Waals surface area (Å²) in [7, 11) is 0. The lowest BCUT2D eigenvalue weighted by Gasteiger charge is -2.37. The highest BCUT2D eigenvalue weighted by atomic mass is 32.1. The normalized spacial score (nSPS) is 12.5. The van der Waals surface area contributed by atoms with Crippen LogP contribution >= 0.6 is 11.3 Å². The van der Waals surface area contributed by atoms with Crippen molar-refractivity contribution < 1.29 is 19.5 Å². The zero-order valence-corrected chi connectivity index (χ0v) is 21.4. The fourth-order valence-corrected chi connectivity index (χ4v) is 5.05. The third-order valence-electron chi connectivity index (χ3n) is 6.23. The van der Waals surface area contributed by atoms with Crippen molar-refractivity contribution >= 4 is 45.7 Å². The van der Waals surface area contributed by atoms with E-state index in [2.05, 4.69) is 5.32 Å². The number of thiophene rings is 1. The Labute approximate surface area is 223 Å². The fraction of sp³-hybridized carbons (Fsp3) is 0.143. The monoisotopic (exact) mass is 529 g/mol. The molecule has 0 aliphatic rings. The fourth-order valence-electron chi connectivity index (χ4n) is 4.24. The van der Waals surface area contributed by atoms with Crippen LogP contribution in [0.5, 0.6) is 0 Å². The SMILES string of the molecule is CC(=O)N(Cc1ccccc1)C(N)(C(=O)O)c1ccc2c(C(=O)NCc3ccc(C(=N)N)s3)cccc2c1. The van der Waals surface area contributed by atoms with Crippen molar-refractivity contribution in [3.63, 3.8) is 0 Å². The van der Waals surface area contributed by atoms with E-state index in [1.165, 1.54) is 24.3 Å². The number of carboxylic acid groups (broad SMARTS) is 1. The van der Waals surface area contributed by atoms with Gasteiger partial charge in [0.1, 0.15) is 5.84 Å². The van der Waals surface area contributed by atoms with E-state index >= 15 is 0 Å². The number of fused-ring (bicyclic) bond motifs is 1. The van der Waals surface area contributed by atoms with Crippen molar-refractivity contribution in [3.05, 3.63) is 105 Å². The number of hydrogen-bond acceptors (Lipinski definition) is 6. The highest BCUT2D eigenvalue weighted by Crippen LogP contribution is 2.30. The number of aliphatic carboxylic acids is 1. The number of amides is 2. The molecule has 9 nitrogen and oxygen atoms in total. The van der Waals surface area contributed by atoms with Crippen molar-refractivity contribution in [2.75, 3.05) is 0 Å². The number of nitrogen functional groups attached to an aromatic ring is 1. The summed E-state index contributed by atoms with van der Waals surface area (Å²) >= 11 is 1.33. The van der Waals surface area contributed by atoms with Crippen LogP contribution in [0.4, 0.5) is 0 Å². The van der Waals surface area contributed by atoms with Gasteiger partial charge < -0.3 is 21.1 Å². The zero-order valence-electron chi connectivity index (χ0n) is 20.6. The van der Waals surface area contributed by atoms with Gasteiger partial charge >= 0.3 is 5.97 Å². The summed E-state index contributed by atoms with van der Waals surface area (Å²) in [4.78, 5) is 40.8. The van der Waals surface area contributed by atoms with Crippen LogP contribution in [-0.2, 0) is 28.3 Å². The van der Waals surface area contributed by atoms with E-state index < -0.39 is 17.5 Å². The standard InChI is InChI=1S/C28H27N5O4S/c1-17(34)33(16-18-6-3-2-4-7-18)28(31,27(36)37)20-10-12-22-19(14-20)8-5-9-23(22)26(35)32-15-21-11-13-24(38-21)25(29)30/h2-14H,15-16,31H2,1H3,(H3,29,30)(H,32,35)(H,36,37). The minimum absolute atomic E-state index is 0.00746. The molecule has 38 heavy (non-hydrogen) atoms. The van der Waals surface area contributed by atoms with Crippen LogP contribution in [0.3, 0.4) is 0 Å². The Bertz CT molecular complexity index is 1530. The number of nitrogens with one attached hydrogen (secondary N) is 2. The van der Waals surface area contributed by atoms with Crippen molar-refractivity contribution in [3.8, 4) is 0 Å². The summed E-state index contributed by atoms with van der Waals surface area (Å²) in [5.74, 6) is -2.21. The van der Waals surface area contributed by atoms with Gasteiger partial charge in [0.05, 0.1) is 11.4 Å². The van der Waals surface area contributed by atoms with Crippen molar-refractivity contribution in [1.29, 1.82) is 5.41 Å². The Kier molecular flexibility index (Phi) is 7.56. The third-order valence-corrected chi connectivity index (χ3v) is 7.35. The van der Waals surface area contributed by atoms with E-state index in [1.54, 1.807) is 66.7 Å². The highest BCUT2D eigenvalue weighted by Gasteiger charge is 2.44. The van der Waals surface area contributed by atoms with Gasteiger partial charge in [-0.3, -0.25) is 20.7 Å². The van der Waals surface area contributed by atoms with Gasteiger partial charge in [0.2, 0.25) is 11.6 Å². The van der Waals surface area contributed by atoms with Gasteiger partial charge in [-0.1, -0.05) is 54.6 Å². The van der Waals surface area contributed by atoms with Gasteiger partial charge in [-0.2, -0.15) is 0 Å². The van der Waals surface area contributed by atoms with Crippen molar-refractivity contribution in [2.24, 2.45) is 11.5 Å². The molecule has 0 aliphatic carbocycles. The van der Waals surface area contributed by atoms with E-state index in [4.69, 9.17) is 16.9 Å². The molecule has 1 aromatic heterocycles. The number of nitrogens with zero attached hydrogens (tertiary/aromatic N) is 1. The number of nitrogens with two attached hydrogens (primary N) is 2. The molecule has 4 rings (SSSR count). The smallest absolute Gasteiger partial charge is 0.349 e. The molecule has 1 heterocycles. The van der Waals surface area contributed by atoms with Crippen LogP contribution in [0.15, 0.2) is 78.9 Å². The largest absolute Gasteiger partial charge is 0.478 e. The van der Waals surface area contributed by atoms with Gasteiger partial charge in [-0.15, -0.1) is 11.3 Å². The topological polar surface area (TPSA) is 163 Å². The maximum atomic E-state index is 13.0. The predicted octanol–water partition coefficient (Wildman–Crippen LogP) is 3.36. The molecule has 7 N–H and O–H groups in total. The van der Waals surface area contributed by atoms with Gasteiger partial charge in [-0.25, -0.2) is 4.79 Å². The summed E-state index contributed by atoms with van der Waals surface area (Å²) in [6.07, 6.45) is 0. The van der Waals surface area contributed by atoms with Crippen LogP contribution in [0.2, 0.25) is 0 Å². The third kappa shape index (κ3) is 5.26. The van der Waals surface area contributed by atoms with E-state index in [0.717, 1.165) is 15.3 Å². The number of rotatable bonds is 9. The average Bonchev–Trinajstić information content (AvgIpc) is 3.39. The summed E-state index contributed by atoms with van der Waals surface area (Å²) in [6.45, 7) is 1.56. The van der Waals surface area contributed by atoms with Gasteiger partial charge in [0.15, 0.2) is 0 Å². The Morgan fingerprint density at radius 2 is 1.76 bits per heavy atom. The molecule has 10 heteroatoms. The minimum atomic E-state index is -2.14. The molecule has 1 atom stereocenters. The van der Waals surface area contributed by atoms with E-state index in [-0.39, 0.29) is 30.4 Å². The summed E-state index contributed by atoms with van der Waals surface area (Å²) < 4.78 is 0. The molecule has 2 amide bonds. The number of carboxylic acids is 1. The molecule has 0 bridgehead atoms. The van der Waals surface area contributed by atoms with Gasteiger partial charge in [0, 0.05) is 29.5 Å². The van der Waals surface area contributed by atoms with Gasteiger partial charge in [-0.05, 0) is 40.6 Å². The molecule has 0 spiro atoms. The minimum Gasteiger partial charge on any atom is -0.478 e. The molecule has 0 saturated heterocycles. The van der Waals surface area contributed by atoms with Crippen LogP contribution < -0.4 is 16.8 Å². The molecule has 194 valence electrons. The molecule has 0 aliphatic heterocycles. The predicted molar refractivity (Wildman–Crippen MR) is 147 cm³/mol. The average molecular weight is 530 g/mol. The number of amidine groups is 1. The summed E-state index contributed by atoms with van der Waals surface area (Å²) in [5.41, 5.74) is 11.2. The second kappa shape index (κ2) is 10.8. The molecule has 4 aromatic rings. The van der Waals surface area contributed by atoms with Crippen LogP contribution in [-0.4, -0.2) is 33.6 Å². The lowest BCUT2D eigenvalue weighted by Crippen LogP contribution is -2.60. The number of benzene rings is 3. The maximum Gasteiger partial charge on any atom is 0.349 e. The van der Waals surface area contributed by atoms with E-state index in [1.807, 2.05) is 6.07 Å². The Morgan fingerprint density at radius 3 is 2.39 bits per heavy atom. The molecule has 0 fully saturated rings.